The zero-order chi connectivity index (χ0) is 17.5. The second-order valence-electron chi connectivity index (χ2n) is 5.67. The molecule has 0 fully saturated rings. The van der Waals surface area contributed by atoms with Crippen molar-refractivity contribution in [3.05, 3.63) is 41.7 Å². The Labute approximate surface area is 140 Å². The van der Waals surface area contributed by atoms with Gasteiger partial charge in [0.2, 0.25) is 5.91 Å². The average molecular weight is 330 g/mol. The first-order chi connectivity index (χ1) is 11.5. The molecule has 0 bridgehead atoms. The number of carbonyl (C=O) groups excluding carboxylic acids is 1. The molecule has 1 atom stereocenters. The van der Waals surface area contributed by atoms with Crippen LogP contribution in [0.3, 0.4) is 0 Å². The highest BCUT2D eigenvalue weighted by molar-refractivity contribution is 5.79. The predicted molar refractivity (Wildman–Crippen MR) is 88.8 cm³/mol. The van der Waals surface area contributed by atoms with Gasteiger partial charge < -0.3 is 10.4 Å². The van der Waals surface area contributed by atoms with Crippen LogP contribution >= 0.6 is 0 Å². The number of amides is 1. The van der Waals surface area contributed by atoms with Crippen LogP contribution in [0, 0.1) is 12.8 Å². The monoisotopic (exact) mass is 330 g/mol. The highest BCUT2D eigenvalue weighted by Crippen LogP contribution is 2.12. The number of carbonyl (C=O) groups is 2. The molecule has 0 saturated heterocycles. The molecule has 1 aromatic carbocycles. The Balaban J connectivity index is 1.98. The van der Waals surface area contributed by atoms with E-state index in [1.807, 2.05) is 44.2 Å². The van der Waals surface area contributed by atoms with E-state index < -0.39 is 11.9 Å². The lowest BCUT2D eigenvalue weighted by atomic mass is 10.0. The molecule has 128 valence electrons. The van der Waals surface area contributed by atoms with Gasteiger partial charge in [0, 0.05) is 6.54 Å². The van der Waals surface area contributed by atoms with Gasteiger partial charge in [-0.05, 0) is 25.5 Å². The summed E-state index contributed by atoms with van der Waals surface area (Å²) in [7, 11) is 0. The molecule has 7 nitrogen and oxygen atoms in total. The summed E-state index contributed by atoms with van der Waals surface area (Å²) in [4.78, 5) is 23.2. The van der Waals surface area contributed by atoms with Crippen LogP contribution < -0.4 is 5.32 Å². The van der Waals surface area contributed by atoms with Crippen molar-refractivity contribution in [1.29, 1.82) is 0 Å². The highest BCUT2D eigenvalue weighted by Gasteiger charge is 2.18. The minimum Gasteiger partial charge on any atom is -0.481 e. The number of para-hydroxylation sites is 1. The molecule has 1 unspecified atom stereocenters. The van der Waals surface area contributed by atoms with Gasteiger partial charge in [-0.2, -0.15) is 0 Å². The molecule has 0 radical (unpaired) electrons. The van der Waals surface area contributed by atoms with E-state index in [1.54, 1.807) is 4.68 Å². The van der Waals surface area contributed by atoms with E-state index in [2.05, 4.69) is 15.6 Å². The number of aromatic nitrogens is 3. The fraction of sp³-hybridized carbons (Fsp3) is 0.412. The standard InChI is InChI=1S/C17H22N4O3/c1-3-7-13(17(23)24)11-18-16(22)10-15-12(2)21(20-19-15)14-8-5-4-6-9-14/h4-6,8-9,13H,3,7,10-11H2,1-2H3,(H,18,22)(H,23,24). The summed E-state index contributed by atoms with van der Waals surface area (Å²) in [5.74, 6) is -1.69. The Morgan fingerprint density at radius 2 is 2.00 bits per heavy atom. The highest BCUT2D eigenvalue weighted by atomic mass is 16.4. The van der Waals surface area contributed by atoms with Gasteiger partial charge in [-0.25, -0.2) is 4.68 Å². The molecule has 0 aliphatic heterocycles. The Hall–Kier alpha value is -2.70. The van der Waals surface area contributed by atoms with Gasteiger partial charge >= 0.3 is 5.97 Å². The van der Waals surface area contributed by atoms with Gasteiger partial charge in [0.1, 0.15) is 0 Å². The van der Waals surface area contributed by atoms with Crippen molar-refractivity contribution in [2.24, 2.45) is 5.92 Å². The number of benzene rings is 1. The predicted octanol–water partition coefficient (Wildman–Crippen LogP) is 1.74. The topological polar surface area (TPSA) is 97.1 Å². The summed E-state index contributed by atoms with van der Waals surface area (Å²) in [5.41, 5.74) is 2.25. The van der Waals surface area contributed by atoms with Gasteiger partial charge in [0.15, 0.2) is 0 Å². The van der Waals surface area contributed by atoms with Crippen LogP contribution in [-0.2, 0) is 16.0 Å². The van der Waals surface area contributed by atoms with E-state index in [0.29, 0.717) is 12.1 Å². The molecule has 2 aromatic rings. The third kappa shape index (κ3) is 4.41. The fourth-order valence-electron chi connectivity index (χ4n) is 2.45. The number of rotatable bonds is 8. The van der Waals surface area contributed by atoms with E-state index in [1.165, 1.54) is 0 Å². The van der Waals surface area contributed by atoms with Crippen molar-refractivity contribution in [2.45, 2.75) is 33.1 Å². The molecule has 24 heavy (non-hydrogen) atoms. The molecule has 1 heterocycles. The molecule has 2 N–H and O–H groups in total. The Bertz CT molecular complexity index is 697. The lowest BCUT2D eigenvalue weighted by Crippen LogP contribution is -2.34. The first-order valence-electron chi connectivity index (χ1n) is 7.99. The van der Waals surface area contributed by atoms with Crippen LogP contribution in [0.25, 0.3) is 5.69 Å². The van der Waals surface area contributed by atoms with E-state index in [4.69, 9.17) is 5.11 Å². The third-order valence-electron chi connectivity index (χ3n) is 3.85. The van der Waals surface area contributed by atoms with Gasteiger partial charge in [0.05, 0.1) is 29.4 Å². The molecule has 1 amide bonds. The van der Waals surface area contributed by atoms with Crippen LogP contribution in [0.4, 0.5) is 0 Å². The van der Waals surface area contributed by atoms with Gasteiger partial charge in [-0.1, -0.05) is 36.8 Å². The molecule has 0 saturated carbocycles. The number of carboxylic acid groups (broad SMARTS) is 1. The molecule has 0 aliphatic carbocycles. The summed E-state index contributed by atoms with van der Waals surface area (Å²) in [5, 5.41) is 19.9. The van der Waals surface area contributed by atoms with Crippen molar-refractivity contribution in [3.63, 3.8) is 0 Å². The maximum atomic E-state index is 12.1. The maximum Gasteiger partial charge on any atom is 0.308 e. The van der Waals surface area contributed by atoms with Crippen molar-refractivity contribution >= 4 is 11.9 Å². The Kier molecular flexibility index (Phi) is 6.06. The Morgan fingerprint density at radius 1 is 1.29 bits per heavy atom. The van der Waals surface area contributed by atoms with E-state index in [9.17, 15) is 9.59 Å². The minimum absolute atomic E-state index is 0.0805. The smallest absolute Gasteiger partial charge is 0.308 e. The van der Waals surface area contributed by atoms with Crippen molar-refractivity contribution < 1.29 is 14.7 Å². The quantitative estimate of drug-likeness (QED) is 0.768. The number of nitrogens with zero attached hydrogens (tertiary/aromatic N) is 3. The summed E-state index contributed by atoms with van der Waals surface area (Å²) in [6, 6.07) is 9.55. The van der Waals surface area contributed by atoms with Crippen LogP contribution in [0.1, 0.15) is 31.2 Å². The molecule has 2 rings (SSSR count). The fourth-order valence-corrected chi connectivity index (χ4v) is 2.45. The summed E-state index contributed by atoms with van der Waals surface area (Å²) < 4.78 is 1.68. The SMILES string of the molecule is CCCC(CNC(=O)Cc1nnn(-c2ccccc2)c1C)C(=O)O. The summed E-state index contributed by atoms with van der Waals surface area (Å²) >= 11 is 0. The largest absolute Gasteiger partial charge is 0.481 e. The molecular weight excluding hydrogens is 308 g/mol. The third-order valence-corrected chi connectivity index (χ3v) is 3.85. The molecule has 0 spiro atoms. The first-order valence-corrected chi connectivity index (χ1v) is 7.99. The second-order valence-corrected chi connectivity index (χ2v) is 5.67. The zero-order valence-electron chi connectivity index (χ0n) is 13.9. The van der Waals surface area contributed by atoms with Gasteiger partial charge in [-0.3, -0.25) is 9.59 Å². The molecule has 7 heteroatoms. The second kappa shape index (κ2) is 8.24. The molecular formula is C17H22N4O3. The van der Waals surface area contributed by atoms with Crippen molar-refractivity contribution in [2.75, 3.05) is 6.54 Å². The van der Waals surface area contributed by atoms with Gasteiger partial charge in [0.25, 0.3) is 0 Å². The van der Waals surface area contributed by atoms with Crippen LogP contribution in [-0.4, -0.2) is 38.5 Å². The lowest BCUT2D eigenvalue weighted by molar-refractivity contribution is -0.141. The van der Waals surface area contributed by atoms with E-state index in [-0.39, 0.29) is 18.9 Å². The maximum absolute atomic E-state index is 12.1. The van der Waals surface area contributed by atoms with E-state index >= 15 is 0 Å². The van der Waals surface area contributed by atoms with Crippen LogP contribution in [0.15, 0.2) is 30.3 Å². The average Bonchev–Trinajstić information content (AvgIpc) is 2.92. The van der Waals surface area contributed by atoms with Gasteiger partial charge in [-0.15, -0.1) is 5.10 Å². The molecule has 0 aliphatic rings. The van der Waals surface area contributed by atoms with Crippen molar-refractivity contribution in [1.82, 2.24) is 20.3 Å². The first kappa shape index (κ1) is 17.7. The number of hydrogen-bond donors (Lipinski definition) is 2. The number of hydrogen-bond acceptors (Lipinski definition) is 4. The summed E-state index contributed by atoms with van der Waals surface area (Å²) in [6.45, 7) is 3.91. The Morgan fingerprint density at radius 3 is 2.62 bits per heavy atom. The normalized spacial score (nSPS) is 11.9. The van der Waals surface area contributed by atoms with E-state index in [0.717, 1.165) is 17.8 Å². The molecule has 1 aromatic heterocycles. The lowest BCUT2D eigenvalue weighted by Gasteiger charge is -2.12. The minimum atomic E-state index is -0.886. The zero-order valence-corrected chi connectivity index (χ0v) is 13.9. The van der Waals surface area contributed by atoms with Crippen molar-refractivity contribution in [3.8, 4) is 5.69 Å². The number of nitrogens with one attached hydrogen (secondary N) is 1. The number of carboxylic acids is 1. The number of aliphatic carboxylic acids is 1. The van der Waals surface area contributed by atoms with Crippen LogP contribution in [0.5, 0.6) is 0 Å². The van der Waals surface area contributed by atoms with Crippen LogP contribution in [0.2, 0.25) is 0 Å². The summed E-state index contributed by atoms with van der Waals surface area (Å²) in [6.07, 6.45) is 1.38.